The summed E-state index contributed by atoms with van der Waals surface area (Å²) < 4.78 is 11.1. The molecule has 7 heteroatoms. The Balaban J connectivity index is 1.36. The van der Waals surface area contributed by atoms with Gasteiger partial charge in [0.15, 0.2) is 5.76 Å². The van der Waals surface area contributed by atoms with Crippen LogP contribution in [0.1, 0.15) is 49.4 Å². The second-order valence-electron chi connectivity index (χ2n) is 8.80. The number of nitrogens with zero attached hydrogens (tertiary/aromatic N) is 5. The monoisotopic (exact) mass is 397 g/mol. The number of aromatic nitrogens is 3. The third-order valence-corrected chi connectivity index (χ3v) is 6.60. The normalized spacial score (nSPS) is 23.9. The molecule has 0 aliphatic carbocycles. The molecule has 0 N–H and O–H groups in total. The maximum Gasteiger partial charge on any atom is 0.225 e. The van der Waals surface area contributed by atoms with Gasteiger partial charge in [-0.3, -0.25) is 0 Å². The van der Waals surface area contributed by atoms with E-state index in [2.05, 4.69) is 19.9 Å². The fourth-order valence-electron chi connectivity index (χ4n) is 4.93. The minimum absolute atomic E-state index is 0.441. The zero-order valence-corrected chi connectivity index (χ0v) is 17.3. The Bertz CT molecular complexity index is 818. The van der Waals surface area contributed by atoms with E-state index in [0.29, 0.717) is 11.8 Å². The van der Waals surface area contributed by atoms with Crippen molar-refractivity contribution in [2.24, 2.45) is 5.92 Å². The predicted molar refractivity (Wildman–Crippen MR) is 111 cm³/mol. The summed E-state index contributed by atoms with van der Waals surface area (Å²) in [6.07, 6.45) is 7.88. The van der Waals surface area contributed by atoms with E-state index in [4.69, 9.17) is 14.2 Å². The Hall–Kier alpha value is -1.99. The largest absolute Gasteiger partial charge is 0.381 e. The van der Waals surface area contributed by atoms with Gasteiger partial charge in [-0.25, -0.2) is 9.97 Å². The molecule has 5 rings (SSSR count). The van der Waals surface area contributed by atoms with E-state index in [9.17, 15) is 0 Å². The van der Waals surface area contributed by atoms with Gasteiger partial charge in [-0.05, 0) is 58.0 Å². The predicted octanol–water partition coefficient (Wildman–Crippen LogP) is 3.26. The quantitative estimate of drug-likeness (QED) is 0.767. The SMILES string of the molecule is Cc1cc(-c2cnc(N3CCCC3)nc2C2CCN(CC3CCOC3)CC2)on1. The van der Waals surface area contributed by atoms with Gasteiger partial charge in [0.2, 0.25) is 5.95 Å². The van der Waals surface area contributed by atoms with E-state index in [1.54, 1.807) is 0 Å². The van der Waals surface area contributed by atoms with Crippen LogP contribution in [0.2, 0.25) is 0 Å². The Morgan fingerprint density at radius 3 is 2.62 bits per heavy atom. The first-order chi connectivity index (χ1) is 14.3. The van der Waals surface area contributed by atoms with Crippen LogP contribution in [0.25, 0.3) is 11.3 Å². The van der Waals surface area contributed by atoms with E-state index < -0.39 is 0 Å². The van der Waals surface area contributed by atoms with E-state index >= 15 is 0 Å². The summed E-state index contributed by atoms with van der Waals surface area (Å²) in [7, 11) is 0. The molecule has 0 saturated carbocycles. The first-order valence-corrected chi connectivity index (χ1v) is 11.1. The van der Waals surface area contributed by atoms with Crippen LogP contribution in [-0.4, -0.2) is 66.0 Å². The number of hydrogen-bond donors (Lipinski definition) is 0. The lowest BCUT2D eigenvalue weighted by molar-refractivity contribution is 0.151. The van der Waals surface area contributed by atoms with Crippen molar-refractivity contribution in [3.8, 4) is 11.3 Å². The molecule has 2 aromatic rings. The van der Waals surface area contributed by atoms with Gasteiger partial charge in [0.25, 0.3) is 0 Å². The van der Waals surface area contributed by atoms with Crippen LogP contribution in [0, 0.1) is 12.8 Å². The molecule has 0 spiro atoms. The van der Waals surface area contributed by atoms with Crippen molar-refractivity contribution in [1.29, 1.82) is 0 Å². The minimum atomic E-state index is 0.441. The number of piperidine rings is 1. The van der Waals surface area contributed by atoms with Crippen LogP contribution in [0.3, 0.4) is 0 Å². The Kier molecular flexibility index (Phi) is 5.50. The number of anilines is 1. The summed E-state index contributed by atoms with van der Waals surface area (Å²) in [5.74, 6) is 2.81. The van der Waals surface area contributed by atoms with E-state index in [1.165, 1.54) is 25.8 Å². The molecule has 0 aromatic carbocycles. The van der Waals surface area contributed by atoms with Gasteiger partial charge >= 0.3 is 0 Å². The van der Waals surface area contributed by atoms with Crippen LogP contribution in [0.5, 0.6) is 0 Å². The topological polar surface area (TPSA) is 67.5 Å². The first kappa shape index (κ1) is 19.0. The lowest BCUT2D eigenvalue weighted by atomic mass is 9.89. The van der Waals surface area contributed by atoms with E-state index in [0.717, 1.165) is 80.9 Å². The summed E-state index contributed by atoms with van der Waals surface area (Å²) >= 11 is 0. The summed E-state index contributed by atoms with van der Waals surface area (Å²) in [4.78, 5) is 14.7. The highest BCUT2D eigenvalue weighted by Crippen LogP contribution is 2.35. The zero-order valence-electron chi connectivity index (χ0n) is 17.3. The van der Waals surface area contributed by atoms with Crippen molar-refractivity contribution < 1.29 is 9.26 Å². The fraction of sp³-hybridized carbons (Fsp3) is 0.682. The van der Waals surface area contributed by atoms with Gasteiger partial charge in [-0.15, -0.1) is 0 Å². The van der Waals surface area contributed by atoms with Crippen LogP contribution >= 0.6 is 0 Å². The maximum absolute atomic E-state index is 5.59. The smallest absolute Gasteiger partial charge is 0.225 e. The molecule has 3 aliphatic rings. The molecule has 2 aromatic heterocycles. The van der Waals surface area contributed by atoms with Crippen molar-refractivity contribution in [2.75, 3.05) is 50.8 Å². The lowest BCUT2D eigenvalue weighted by Crippen LogP contribution is -2.37. The Labute approximate surface area is 172 Å². The molecule has 3 aliphatic heterocycles. The molecule has 0 bridgehead atoms. The van der Waals surface area contributed by atoms with Gasteiger partial charge in [-0.1, -0.05) is 5.16 Å². The second kappa shape index (κ2) is 8.40. The summed E-state index contributed by atoms with van der Waals surface area (Å²) in [5.41, 5.74) is 3.04. The number of likely N-dealkylation sites (tertiary alicyclic amines) is 1. The van der Waals surface area contributed by atoms with Crippen molar-refractivity contribution in [3.05, 3.63) is 23.7 Å². The fourth-order valence-corrected chi connectivity index (χ4v) is 4.93. The molecule has 5 heterocycles. The van der Waals surface area contributed by atoms with Crippen LogP contribution < -0.4 is 4.90 Å². The Morgan fingerprint density at radius 2 is 1.93 bits per heavy atom. The molecule has 29 heavy (non-hydrogen) atoms. The molecule has 0 amide bonds. The highest BCUT2D eigenvalue weighted by atomic mass is 16.5. The van der Waals surface area contributed by atoms with Gasteiger partial charge in [0.05, 0.1) is 23.6 Å². The average Bonchev–Trinajstić information content (AvgIpc) is 3.51. The van der Waals surface area contributed by atoms with Crippen LogP contribution in [0.4, 0.5) is 5.95 Å². The molecule has 3 saturated heterocycles. The van der Waals surface area contributed by atoms with E-state index in [1.807, 2.05) is 19.2 Å². The standard InChI is InChI=1S/C22H31N5O2/c1-16-12-20(29-25-16)19-13-23-22(27-7-2-3-8-27)24-21(19)18-4-9-26(10-5-18)14-17-6-11-28-15-17/h12-13,17-18H,2-11,14-15H2,1H3. The molecule has 7 nitrogen and oxygen atoms in total. The van der Waals surface area contributed by atoms with Crippen LogP contribution in [-0.2, 0) is 4.74 Å². The minimum Gasteiger partial charge on any atom is -0.381 e. The van der Waals surface area contributed by atoms with Crippen molar-refractivity contribution in [2.45, 2.75) is 44.9 Å². The molecular weight excluding hydrogens is 366 g/mol. The third-order valence-electron chi connectivity index (χ3n) is 6.60. The average molecular weight is 398 g/mol. The number of aryl methyl sites for hydroxylation is 1. The van der Waals surface area contributed by atoms with Gasteiger partial charge < -0.3 is 19.1 Å². The van der Waals surface area contributed by atoms with Crippen molar-refractivity contribution in [1.82, 2.24) is 20.0 Å². The van der Waals surface area contributed by atoms with E-state index in [-0.39, 0.29) is 0 Å². The van der Waals surface area contributed by atoms with Gasteiger partial charge in [0, 0.05) is 44.4 Å². The lowest BCUT2D eigenvalue weighted by Gasteiger charge is -2.33. The molecule has 1 unspecified atom stereocenters. The molecular formula is C22H31N5O2. The van der Waals surface area contributed by atoms with Gasteiger partial charge in [0.1, 0.15) is 0 Å². The zero-order chi connectivity index (χ0) is 19.6. The highest BCUT2D eigenvalue weighted by Gasteiger charge is 2.29. The number of rotatable bonds is 5. The molecule has 3 fully saturated rings. The molecule has 1 atom stereocenters. The molecule has 0 radical (unpaired) electrons. The number of ether oxygens (including phenoxy) is 1. The summed E-state index contributed by atoms with van der Waals surface area (Å²) in [6.45, 7) is 9.35. The summed E-state index contributed by atoms with van der Waals surface area (Å²) in [6, 6.07) is 1.99. The Morgan fingerprint density at radius 1 is 1.10 bits per heavy atom. The summed E-state index contributed by atoms with van der Waals surface area (Å²) in [5, 5.41) is 4.09. The van der Waals surface area contributed by atoms with Crippen molar-refractivity contribution >= 4 is 5.95 Å². The first-order valence-electron chi connectivity index (χ1n) is 11.1. The van der Waals surface area contributed by atoms with Gasteiger partial charge in [-0.2, -0.15) is 0 Å². The van der Waals surface area contributed by atoms with Crippen LogP contribution in [0.15, 0.2) is 16.8 Å². The van der Waals surface area contributed by atoms with Crippen molar-refractivity contribution in [3.63, 3.8) is 0 Å². The maximum atomic E-state index is 5.59. The third kappa shape index (κ3) is 4.16. The second-order valence-corrected chi connectivity index (χ2v) is 8.80. The highest BCUT2D eigenvalue weighted by molar-refractivity contribution is 5.61. The number of hydrogen-bond acceptors (Lipinski definition) is 7. The molecule has 156 valence electrons.